The second-order valence-corrected chi connectivity index (χ2v) is 3.23. The van der Waals surface area contributed by atoms with E-state index in [0.717, 1.165) is 19.4 Å². The Morgan fingerprint density at radius 3 is 2.27 bits per heavy atom. The van der Waals surface area contributed by atoms with Gasteiger partial charge in [0.05, 0.1) is 12.7 Å². The van der Waals surface area contributed by atoms with E-state index >= 15 is 0 Å². The van der Waals surface area contributed by atoms with Crippen molar-refractivity contribution in [1.29, 1.82) is 0 Å². The molecule has 0 aromatic rings. The van der Waals surface area contributed by atoms with Gasteiger partial charge in [0.15, 0.2) is 0 Å². The zero-order valence-electron chi connectivity index (χ0n) is 10.4. The molecule has 3 heteroatoms. The van der Waals surface area contributed by atoms with E-state index in [1.807, 2.05) is 27.7 Å². The van der Waals surface area contributed by atoms with Gasteiger partial charge in [0, 0.05) is 12.7 Å². The van der Waals surface area contributed by atoms with Gasteiger partial charge in [-0.05, 0) is 27.2 Å². The highest BCUT2D eigenvalue weighted by atomic mass is 16.5. The molecular formula is C12H24O3. The molecule has 0 N–H and O–H groups in total. The molecule has 0 aliphatic heterocycles. The highest BCUT2D eigenvalue weighted by molar-refractivity contribution is 5.81. The van der Waals surface area contributed by atoms with Gasteiger partial charge in [0.25, 0.3) is 0 Å². The van der Waals surface area contributed by atoms with Gasteiger partial charge < -0.3 is 9.47 Å². The van der Waals surface area contributed by atoms with Crippen molar-refractivity contribution in [2.24, 2.45) is 0 Å². The van der Waals surface area contributed by atoms with Crippen molar-refractivity contribution in [3.05, 3.63) is 12.7 Å². The van der Waals surface area contributed by atoms with Crippen molar-refractivity contribution in [2.75, 3.05) is 13.2 Å². The number of unbranched alkanes of at least 4 members (excludes halogenated alkanes) is 1. The Labute approximate surface area is 93.5 Å². The predicted octanol–water partition coefficient (Wildman–Crippen LogP) is 2.95. The predicted molar refractivity (Wildman–Crippen MR) is 62.8 cm³/mol. The summed E-state index contributed by atoms with van der Waals surface area (Å²) in [6.45, 7) is 12.7. The first-order chi connectivity index (χ1) is 7.08. The molecule has 0 fully saturated rings. The number of hydrogen-bond acceptors (Lipinski definition) is 3. The van der Waals surface area contributed by atoms with Gasteiger partial charge in [-0.3, -0.25) is 0 Å². The number of esters is 1. The van der Waals surface area contributed by atoms with Crippen LogP contribution in [0.3, 0.4) is 0 Å². The van der Waals surface area contributed by atoms with Crippen LogP contribution in [0.5, 0.6) is 0 Å². The smallest absolute Gasteiger partial charge is 0.330 e. The highest BCUT2D eigenvalue weighted by Gasteiger charge is 1.91. The lowest BCUT2D eigenvalue weighted by Gasteiger charge is -2.00. The van der Waals surface area contributed by atoms with E-state index in [2.05, 4.69) is 11.3 Å². The number of carbonyl (C=O) groups excluding carboxylic acids is 1. The Balaban J connectivity index is 0. The number of rotatable bonds is 6. The molecule has 0 amide bonds. The van der Waals surface area contributed by atoms with E-state index in [9.17, 15) is 4.79 Å². The van der Waals surface area contributed by atoms with Crippen LogP contribution < -0.4 is 0 Å². The molecular weight excluding hydrogens is 192 g/mol. The largest absolute Gasteiger partial charge is 0.463 e. The van der Waals surface area contributed by atoms with Crippen LogP contribution >= 0.6 is 0 Å². The van der Waals surface area contributed by atoms with E-state index in [-0.39, 0.29) is 5.97 Å². The molecule has 0 bridgehead atoms. The molecule has 0 aliphatic rings. The summed E-state index contributed by atoms with van der Waals surface area (Å²) in [6, 6.07) is 0. The third kappa shape index (κ3) is 19.5. The first-order valence-corrected chi connectivity index (χ1v) is 5.49. The summed E-state index contributed by atoms with van der Waals surface area (Å²) >= 11 is 0. The number of hydrogen-bond donors (Lipinski definition) is 0. The third-order valence-corrected chi connectivity index (χ3v) is 1.41. The van der Waals surface area contributed by atoms with Gasteiger partial charge >= 0.3 is 5.97 Å². The van der Waals surface area contributed by atoms with Crippen molar-refractivity contribution in [3.8, 4) is 0 Å². The van der Waals surface area contributed by atoms with Gasteiger partial charge in [0.1, 0.15) is 0 Å². The van der Waals surface area contributed by atoms with Crippen molar-refractivity contribution >= 4 is 5.97 Å². The fourth-order valence-corrected chi connectivity index (χ4v) is 0.709. The van der Waals surface area contributed by atoms with Crippen molar-refractivity contribution < 1.29 is 14.3 Å². The van der Waals surface area contributed by atoms with E-state index in [0.29, 0.717) is 12.7 Å². The lowest BCUT2D eigenvalue weighted by Crippen LogP contribution is -2.00. The van der Waals surface area contributed by atoms with Crippen LogP contribution in [-0.2, 0) is 14.3 Å². The Morgan fingerprint density at radius 2 is 2.00 bits per heavy atom. The summed E-state index contributed by atoms with van der Waals surface area (Å²) in [5.74, 6) is -0.330. The van der Waals surface area contributed by atoms with Gasteiger partial charge in [-0.15, -0.1) is 0 Å². The molecule has 0 saturated carbocycles. The Morgan fingerprint density at radius 1 is 1.40 bits per heavy atom. The van der Waals surface area contributed by atoms with Gasteiger partial charge in [0.2, 0.25) is 0 Å². The van der Waals surface area contributed by atoms with Crippen LogP contribution in [0.15, 0.2) is 12.7 Å². The Hall–Kier alpha value is -0.830. The quantitative estimate of drug-likeness (QED) is 0.389. The molecule has 0 radical (unpaired) electrons. The van der Waals surface area contributed by atoms with Crippen LogP contribution in [0.4, 0.5) is 0 Å². The Bertz CT molecular complexity index is 153. The average Bonchev–Trinajstić information content (AvgIpc) is 2.18. The molecule has 0 heterocycles. The van der Waals surface area contributed by atoms with Crippen LogP contribution in [0, 0.1) is 0 Å². The van der Waals surface area contributed by atoms with Crippen LogP contribution in [0.1, 0.15) is 40.5 Å². The average molecular weight is 216 g/mol. The topological polar surface area (TPSA) is 35.5 Å². The maximum atomic E-state index is 10.3. The van der Waals surface area contributed by atoms with Gasteiger partial charge in [-0.2, -0.15) is 0 Å². The molecule has 0 rings (SSSR count). The maximum absolute atomic E-state index is 10.3. The second-order valence-electron chi connectivity index (χ2n) is 3.23. The monoisotopic (exact) mass is 216 g/mol. The van der Waals surface area contributed by atoms with Crippen LogP contribution in [-0.4, -0.2) is 25.3 Å². The fourth-order valence-electron chi connectivity index (χ4n) is 0.709. The maximum Gasteiger partial charge on any atom is 0.330 e. The van der Waals surface area contributed by atoms with Gasteiger partial charge in [-0.1, -0.05) is 19.9 Å². The summed E-state index contributed by atoms with van der Waals surface area (Å²) in [6.07, 6.45) is 3.55. The minimum Gasteiger partial charge on any atom is -0.463 e. The van der Waals surface area contributed by atoms with E-state index in [4.69, 9.17) is 4.74 Å². The van der Waals surface area contributed by atoms with E-state index in [1.54, 1.807) is 0 Å². The summed E-state index contributed by atoms with van der Waals surface area (Å²) in [5, 5.41) is 0. The number of ether oxygens (including phenoxy) is 2. The minimum absolute atomic E-state index is 0.330. The molecule has 90 valence electrons. The molecule has 0 saturated heterocycles. The van der Waals surface area contributed by atoms with Crippen LogP contribution in [0.25, 0.3) is 0 Å². The molecule has 0 unspecified atom stereocenters. The summed E-state index contributed by atoms with van der Waals surface area (Å²) in [5.41, 5.74) is 0. The van der Waals surface area contributed by atoms with Gasteiger partial charge in [-0.25, -0.2) is 4.79 Å². The molecule has 0 spiro atoms. The minimum atomic E-state index is -0.330. The molecule has 0 aliphatic carbocycles. The first-order valence-electron chi connectivity index (χ1n) is 5.49. The fraction of sp³-hybridized carbons (Fsp3) is 0.750. The summed E-state index contributed by atoms with van der Waals surface area (Å²) in [4.78, 5) is 10.3. The third-order valence-electron chi connectivity index (χ3n) is 1.41. The van der Waals surface area contributed by atoms with Crippen LogP contribution in [0.2, 0.25) is 0 Å². The molecule has 3 nitrogen and oxygen atoms in total. The lowest BCUT2D eigenvalue weighted by atomic mass is 10.4. The summed E-state index contributed by atoms with van der Waals surface area (Å²) < 4.78 is 9.72. The van der Waals surface area contributed by atoms with E-state index in [1.165, 1.54) is 6.08 Å². The zero-order chi connectivity index (χ0) is 12.1. The molecule has 0 atom stereocenters. The Kier molecular flexibility index (Phi) is 14.6. The SMILES string of the molecule is C=CC(=O)OCCCC.CCOC(C)C. The van der Waals surface area contributed by atoms with Crippen molar-refractivity contribution in [1.82, 2.24) is 0 Å². The normalized spacial score (nSPS) is 9.13. The van der Waals surface area contributed by atoms with Crippen molar-refractivity contribution in [2.45, 2.75) is 46.6 Å². The molecule has 0 aromatic heterocycles. The first kappa shape index (κ1) is 16.6. The number of carbonyl (C=O) groups is 1. The molecule has 0 aromatic carbocycles. The highest BCUT2D eigenvalue weighted by Crippen LogP contribution is 1.88. The second kappa shape index (κ2) is 13.2. The standard InChI is InChI=1S/C7H12O2.C5H12O/c1-3-5-6-9-7(8)4-2;1-4-6-5(2)3/h4H,2-3,5-6H2,1H3;5H,4H2,1-3H3. The van der Waals surface area contributed by atoms with E-state index < -0.39 is 0 Å². The lowest BCUT2D eigenvalue weighted by molar-refractivity contribution is -0.137. The zero-order valence-corrected chi connectivity index (χ0v) is 10.4. The summed E-state index contributed by atoms with van der Waals surface area (Å²) in [7, 11) is 0. The molecule has 15 heavy (non-hydrogen) atoms. The van der Waals surface area contributed by atoms with Crippen molar-refractivity contribution in [3.63, 3.8) is 0 Å².